The van der Waals surface area contributed by atoms with E-state index in [-0.39, 0.29) is 12.4 Å². The molecule has 0 spiro atoms. The zero-order chi connectivity index (χ0) is 13.2. The van der Waals surface area contributed by atoms with Crippen molar-refractivity contribution in [1.82, 2.24) is 0 Å². The number of phenolic OH excluding ortho intramolecular Hbond substituents is 1. The van der Waals surface area contributed by atoms with Crippen molar-refractivity contribution in [2.45, 2.75) is 12.2 Å². The van der Waals surface area contributed by atoms with E-state index in [1.807, 2.05) is 30.3 Å². The van der Waals surface area contributed by atoms with Gasteiger partial charge in [0.1, 0.15) is 30.0 Å². The number of hydrogen-bond acceptors (Lipinski definition) is 4. The maximum absolute atomic E-state index is 10.3. The lowest BCUT2D eigenvalue weighted by Crippen LogP contribution is -2.35. The number of phenols is 1. The Balaban J connectivity index is 1.83. The molecule has 1 heterocycles. The van der Waals surface area contributed by atoms with Crippen LogP contribution in [0.2, 0.25) is 0 Å². The quantitative estimate of drug-likeness (QED) is 0.867. The van der Waals surface area contributed by atoms with E-state index in [2.05, 4.69) is 0 Å². The van der Waals surface area contributed by atoms with Crippen LogP contribution in [0.3, 0.4) is 0 Å². The Hall–Kier alpha value is -2.20. The molecular formula is C15H14O4. The molecule has 0 aromatic heterocycles. The van der Waals surface area contributed by atoms with Crippen LogP contribution >= 0.6 is 0 Å². The molecule has 0 bridgehead atoms. The number of benzene rings is 2. The van der Waals surface area contributed by atoms with Crippen LogP contribution in [0.15, 0.2) is 48.5 Å². The molecule has 0 amide bonds. The van der Waals surface area contributed by atoms with Gasteiger partial charge in [0.2, 0.25) is 0 Å². The lowest BCUT2D eigenvalue weighted by Gasteiger charge is -2.30. The monoisotopic (exact) mass is 258 g/mol. The van der Waals surface area contributed by atoms with Gasteiger partial charge in [-0.05, 0) is 30.3 Å². The molecule has 2 N–H and O–H groups in total. The number of aromatic hydroxyl groups is 1. The van der Waals surface area contributed by atoms with Crippen molar-refractivity contribution in [2.75, 3.05) is 6.61 Å². The van der Waals surface area contributed by atoms with E-state index >= 15 is 0 Å². The summed E-state index contributed by atoms with van der Waals surface area (Å²) in [6.45, 7) is 0.272. The number of fused-ring (bicyclic) bond motifs is 1. The summed E-state index contributed by atoms with van der Waals surface area (Å²) in [6.07, 6.45) is -1.31. The summed E-state index contributed by atoms with van der Waals surface area (Å²) in [5.41, 5.74) is 0.548. The minimum Gasteiger partial charge on any atom is -0.508 e. The molecule has 3 rings (SSSR count). The average molecular weight is 258 g/mol. The third-order valence-electron chi connectivity index (χ3n) is 3.10. The number of rotatable bonds is 2. The first kappa shape index (κ1) is 11.9. The predicted octanol–water partition coefficient (Wildman–Crippen LogP) is 2.27. The molecule has 4 heteroatoms. The van der Waals surface area contributed by atoms with E-state index < -0.39 is 12.2 Å². The molecule has 0 fully saturated rings. The number of aliphatic hydroxyl groups excluding tert-OH is 1. The van der Waals surface area contributed by atoms with E-state index in [4.69, 9.17) is 9.47 Å². The molecule has 0 saturated carbocycles. The fourth-order valence-electron chi connectivity index (χ4n) is 2.13. The maximum atomic E-state index is 10.3. The summed E-state index contributed by atoms with van der Waals surface area (Å²) in [5, 5.41) is 19.8. The standard InChI is InChI=1S/C15H14O4/c16-10-6-7-13-12(8-10)15(17)14(9-18-13)19-11-4-2-1-3-5-11/h1-8,14-17H,9H2/t14-,15-/m0/s1. The summed E-state index contributed by atoms with van der Waals surface area (Å²) < 4.78 is 11.2. The van der Waals surface area contributed by atoms with E-state index in [1.54, 1.807) is 6.07 Å². The first-order chi connectivity index (χ1) is 9.24. The molecular weight excluding hydrogens is 244 g/mol. The van der Waals surface area contributed by atoms with Gasteiger partial charge in [-0.1, -0.05) is 18.2 Å². The summed E-state index contributed by atoms with van der Waals surface area (Å²) in [5.74, 6) is 1.36. The van der Waals surface area contributed by atoms with Crippen molar-refractivity contribution in [3.8, 4) is 17.2 Å². The number of aliphatic hydroxyl groups is 1. The van der Waals surface area contributed by atoms with Crippen molar-refractivity contribution in [1.29, 1.82) is 0 Å². The van der Waals surface area contributed by atoms with Crippen LogP contribution in [0, 0.1) is 0 Å². The van der Waals surface area contributed by atoms with Gasteiger partial charge in [-0.15, -0.1) is 0 Å². The second-order valence-electron chi connectivity index (χ2n) is 4.45. The van der Waals surface area contributed by atoms with E-state index in [0.29, 0.717) is 17.1 Å². The number of ether oxygens (including phenoxy) is 2. The van der Waals surface area contributed by atoms with Crippen LogP contribution in [0.25, 0.3) is 0 Å². The molecule has 1 aliphatic heterocycles. The zero-order valence-electron chi connectivity index (χ0n) is 10.2. The topological polar surface area (TPSA) is 58.9 Å². The van der Waals surface area contributed by atoms with Gasteiger partial charge in [0.25, 0.3) is 0 Å². The van der Waals surface area contributed by atoms with Gasteiger partial charge in [-0.3, -0.25) is 0 Å². The molecule has 2 atom stereocenters. The first-order valence-electron chi connectivity index (χ1n) is 6.09. The molecule has 2 aromatic carbocycles. The summed E-state index contributed by atoms with van der Waals surface area (Å²) in [4.78, 5) is 0. The summed E-state index contributed by atoms with van der Waals surface area (Å²) in [6, 6.07) is 14.0. The number of hydrogen-bond donors (Lipinski definition) is 2. The highest BCUT2D eigenvalue weighted by Crippen LogP contribution is 2.35. The van der Waals surface area contributed by atoms with Crippen LogP contribution in [0.5, 0.6) is 17.2 Å². The maximum Gasteiger partial charge on any atom is 0.163 e. The van der Waals surface area contributed by atoms with Gasteiger partial charge in [0.05, 0.1) is 0 Å². The minimum absolute atomic E-state index is 0.0989. The molecule has 4 nitrogen and oxygen atoms in total. The molecule has 2 aromatic rings. The SMILES string of the molecule is Oc1ccc2c(c1)[C@H](O)[C@@H](Oc1ccccc1)CO2. The highest BCUT2D eigenvalue weighted by molar-refractivity contribution is 5.43. The van der Waals surface area contributed by atoms with Crippen molar-refractivity contribution < 1.29 is 19.7 Å². The lowest BCUT2D eigenvalue weighted by atomic mass is 10.0. The van der Waals surface area contributed by atoms with Crippen LogP contribution in [-0.2, 0) is 0 Å². The van der Waals surface area contributed by atoms with Crippen LogP contribution in [-0.4, -0.2) is 22.9 Å². The van der Waals surface area contributed by atoms with Crippen molar-refractivity contribution in [2.24, 2.45) is 0 Å². The Morgan fingerprint density at radius 1 is 1.11 bits per heavy atom. The summed E-state index contributed by atoms with van der Waals surface area (Å²) in [7, 11) is 0. The van der Waals surface area contributed by atoms with Gasteiger partial charge >= 0.3 is 0 Å². The second-order valence-corrected chi connectivity index (χ2v) is 4.45. The molecule has 98 valence electrons. The molecule has 0 unspecified atom stereocenters. The molecule has 19 heavy (non-hydrogen) atoms. The molecule has 0 aliphatic carbocycles. The molecule has 0 saturated heterocycles. The molecule has 1 aliphatic rings. The smallest absolute Gasteiger partial charge is 0.163 e. The minimum atomic E-state index is -0.823. The van der Waals surface area contributed by atoms with E-state index in [0.717, 1.165) is 0 Å². The summed E-state index contributed by atoms with van der Waals surface area (Å²) >= 11 is 0. The Bertz CT molecular complexity index is 568. The van der Waals surface area contributed by atoms with Gasteiger partial charge in [-0.2, -0.15) is 0 Å². The Kier molecular flexibility index (Phi) is 3.01. The van der Waals surface area contributed by atoms with E-state index in [1.165, 1.54) is 12.1 Å². The zero-order valence-corrected chi connectivity index (χ0v) is 10.2. The molecule has 0 radical (unpaired) electrons. The van der Waals surface area contributed by atoms with Crippen LogP contribution < -0.4 is 9.47 Å². The van der Waals surface area contributed by atoms with Gasteiger partial charge in [-0.25, -0.2) is 0 Å². The third-order valence-corrected chi connectivity index (χ3v) is 3.10. The first-order valence-corrected chi connectivity index (χ1v) is 6.09. The Morgan fingerprint density at radius 2 is 1.89 bits per heavy atom. The second kappa shape index (κ2) is 4.82. The average Bonchev–Trinajstić information content (AvgIpc) is 2.44. The van der Waals surface area contributed by atoms with Crippen molar-refractivity contribution >= 4 is 0 Å². The fourth-order valence-corrected chi connectivity index (χ4v) is 2.13. The largest absolute Gasteiger partial charge is 0.508 e. The van der Waals surface area contributed by atoms with Gasteiger partial charge < -0.3 is 19.7 Å². The van der Waals surface area contributed by atoms with Crippen molar-refractivity contribution in [3.05, 3.63) is 54.1 Å². The highest BCUT2D eigenvalue weighted by atomic mass is 16.5. The Labute approximate surface area is 110 Å². The number of para-hydroxylation sites is 1. The van der Waals surface area contributed by atoms with Crippen molar-refractivity contribution in [3.63, 3.8) is 0 Å². The normalized spacial score (nSPS) is 21.3. The van der Waals surface area contributed by atoms with Gasteiger partial charge in [0, 0.05) is 5.56 Å². The fraction of sp³-hybridized carbons (Fsp3) is 0.200. The predicted molar refractivity (Wildman–Crippen MR) is 69.4 cm³/mol. The van der Waals surface area contributed by atoms with Crippen LogP contribution in [0.1, 0.15) is 11.7 Å². The van der Waals surface area contributed by atoms with Gasteiger partial charge in [0.15, 0.2) is 6.10 Å². The van der Waals surface area contributed by atoms with E-state index in [9.17, 15) is 10.2 Å². The highest BCUT2D eigenvalue weighted by Gasteiger charge is 2.31. The Morgan fingerprint density at radius 3 is 2.68 bits per heavy atom. The lowest BCUT2D eigenvalue weighted by molar-refractivity contribution is -0.0104. The van der Waals surface area contributed by atoms with Crippen LogP contribution in [0.4, 0.5) is 0 Å². The third kappa shape index (κ3) is 2.35.